The van der Waals surface area contributed by atoms with E-state index in [1.165, 1.54) is 11.8 Å². The van der Waals surface area contributed by atoms with Crippen molar-refractivity contribution in [2.24, 2.45) is 0 Å². The zero-order valence-electron chi connectivity index (χ0n) is 15.0. The van der Waals surface area contributed by atoms with E-state index in [9.17, 15) is 4.79 Å². The second kappa shape index (κ2) is 8.03. The van der Waals surface area contributed by atoms with Crippen LogP contribution in [0.15, 0.2) is 29.4 Å². The summed E-state index contributed by atoms with van der Waals surface area (Å²) in [6.45, 7) is 5.93. The van der Waals surface area contributed by atoms with Crippen molar-refractivity contribution in [1.29, 1.82) is 5.26 Å². The van der Waals surface area contributed by atoms with Gasteiger partial charge in [0.05, 0.1) is 16.9 Å². The van der Waals surface area contributed by atoms with Gasteiger partial charge >= 0.3 is 0 Å². The van der Waals surface area contributed by atoms with Gasteiger partial charge in [0.2, 0.25) is 11.9 Å². The minimum absolute atomic E-state index is 0.148. The number of amides is 1. The Labute approximate surface area is 152 Å². The maximum atomic E-state index is 12.5. The third-order valence-electron chi connectivity index (χ3n) is 3.47. The Hall–Kier alpha value is -2.53. The van der Waals surface area contributed by atoms with E-state index in [2.05, 4.69) is 35.4 Å². The third kappa shape index (κ3) is 4.51. The van der Waals surface area contributed by atoms with Gasteiger partial charge in [0.15, 0.2) is 5.16 Å². The average Bonchev–Trinajstić information content (AvgIpc) is 2.99. The molecule has 132 valence electrons. The van der Waals surface area contributed by atoms with Crippen molar-refractivity contribution in [2.45, 2.75) is 37.2 Å². The Morgan fingerprint density at radius 2 is 2.04 bits per heavy atom. The number of nitriles is 1. The molecule has 1 amide bonds. The Kier molecular flexibility index (Phi) is 6.04. The Balaban J connectivity index is 2.12. The van der Waals surface area contributed by atoms with Crippen LogP contribution in [0.3, 0.4) is 0 Å². The van der Waals surface area contributed by atoms with E-state index in [1.807, 2.05) is 30.5 Å². The lowest BCUT2D eigenvalue weighted by atomic mass is 10.2. The van der Waals surface area contributed by atoms with Gasteiger partial charge in [-0.2, -0.15) is 5.26 Å². The molecule has 2 rings (SSSR count). The molecule has 0 spiro atoms. The van der Waals surface area contributed by atoms with Gasteiger partial charge in [0, 0.05) is 25.8 Å². The SMILES string of the molecule is CC(Sc1nnc(N(C)C)n1C(C)C)C(=O)Nc1cccc(C#N)c1. The first kappa shape index (κ1) is 18.8. The summed E-state index contributed by atoms with van der Waals surface area (Å²) in [7, 11) is 3.82. The fraction of sp³-hybridized carbons (Fsp3) is 0.412. The van der Waals surface area contributed by atoms with E-state index in [0.717, 1.165) is 5.95 Å². The number of anilines is 2. The molecule has 1 atom stereocenters. The monoisotopic (exact) mass is 358 g/mol. The van der Waals surface area contributed by atoms with Crippen LogP contribution in [-0.4, -0.2) is 40.0 Å². The largest absolute Gasteiger partial charge is 0.347 e. The molecule has 1 N–H and O–H groups in total. The highest BCUT2D eigenvalue weighted by molar-refractivity contribution is 8.00. The number of hydrogen-bond acceptors (Lipinski definition) is 6. The molecule has 0 aliphatic carbocycles. The summed E-state index contributed by atoms with van der Waals surface area (Å²) in [5.74, 6) is 0.608. The van der Waals surface area contributed by atoms with Crippen LogP contribution in [0.2, 0.25) is 0 Å². The molecule has 8 heteroatoms. The van der Waals surface area contributed by atoms with Gasteiger partial charge in [-0.3, -0.25) is 9.36 Å². The first-order valence-corrected chi connectivity index (χ1v) is 8.81. The molecule has 0 aliphatic heterocycles. The molecule has 0 aliphatic rings. The number of nitrogens with one attached hydrogen (secondary N) is 1. The maximum absolute atomic E-state index is 12.5. The van der Waals surface area contributed by atoms with Crippen molar-refractivity contribution in [2.75, 3.05) is 24.3 Å². The highest BCUT2D eigenvalue weighted by Crippen LogP contribution is 2.28. The highest BCUT2D eigenvalue weighted by atomic mass is 32.2. The summed E-state index contributed by atoms with van der Waals surface area (Å²) in [5, 5.41) is 20.6. The summed E-state index contributed by atoms with van der Waals surface area (Å²) in [4.78, 5) is 14.4. The summed E-state index contributed by atoms with van der Waals surface area (Å²) in [6, 6.07) is 9.08. The molecule has 1 aromatic carbocycles. The molecule has 0 radical (unpaired) electrons. The molecule has 1 aromatic heterocycles. The molecule has 25 heavy (non-hydrogen) atoms. The van der Waals surface area contributed by atoms with Gasteiger partial charge in [0.25, 0.3) is 0 Å². The van der Waals surface area contributed by atoms with Crippen molar-refractivity contribution in [3.63, 3.8) is 0 Å². The van der Waals surface area contributed by atoms with Crippen LogP contribution in [0, 0.1) is 11.3 Å². The number of carbonyl (C=O) groups is 1. The number of hydrogen-bond donors (Lipinski definition) is 1. The summed E-state index contributed by atoms with van der Waals surface area (Å²) in [5.41, 5.74) is 1.11. The fourth-order valence-electron chi connectivity index (χ4n) is 2.23. The van der Waals surface area contributed by atoms with Gasteiger partial charge < -0.3 is 10.2 Å². The van der Waals surface area contributed by atoms with Gasteiger partial charge in [-0.05, 0) is 39.0 Å². The Bertz CT molecular complexity index is 793. The number of rotatable bonds is 6. The number of aromatic nitrogens is 3. The number of nitrogens with zero attached hydrogens (tertiary/aromatic N) is 5. The summed E-state index contributed by atoms with van der Waals surface area (Å²) < 4.78 is 2.00. The lowest BCUT2D eigenvalue weighted by molar-refractivity contribution is -0.115. The van der Waals surface area contributed by atoms with Gasteiger partial charge in [0.1, 0.15) is 0 Å². The van der Waals surface area contributed by atoms with Crippen molar-refractivity contribution in [1.82, 2.24) is 14.8 Å². The predicted molar refractivity (Wildman–Crippen MR) is 99.8 cm³/mol. The first-order valence-electron chi connectivity index (χ1n) is 7.93. The number of benzene rings is 1. The topological polar surface area (TPSA) is 86.8 Å². The molecule has 0 bridgehead atoms. The van der Waals surface area contributed by atoms with Gasteiger partial charge in [-0.15, -0.1) is 10.2 Å². The van der Waals surface area contributed by atoms with Crippen molar-refractivity contribution < 1.29 is 4.79 Å². The van der Waals surface area contributed by atoms with Crippen molar-refractivity contribution >= 4 is 29.3 Å². The second-order valence-corrected chi connectivity index (χ2v) is 7.39. The maximum Gasteiger partial charge on any atom is 0.237 e. The molecule has 0 fully saturated rings. The molecular weight excluding hydrogens is 336 g/mol. The van der Waals surface area contributed by atoms with Crippen molar-refractivity contribution in [3.8, 4) is 6.07 Å². The van der Waals surface area contributed by atoms with E-state index in [1.54, 1.807) is 24.3 Å². The summed E-state index contributed by atoms with van der Waals surface area (Å²) in [6.07, 6.45) is 0. The molecule has 1 heterocycles. The zero-order chi connectivity index (χ0) is 18.6. The molecule has 0 saturated heterocycles. The Morgan fingerprint density at radius 1 is 1.32 bits per heavy atom. The lowest BCUT2D eigenvalue weighted by Crippen LogP contribution is -2.23. The molecule has 2 aromatic rings. The van der Waals surface area contributed by atoms with Crippen LogP contribution in [0.5, 0.6) is 0 Å². The molecule has 0 saturated carbocycles. The van der Waals surface area contributed by atoms with E-state index in [4.69, 9.17) is 5.26 Å². The minimum atomic E-state index is -0.359. The Morgan fingerprint density at radius 3 is 2.64 bits per heavy atom. The normalized spacial score (nSPS) is 11.9. The minimum Gasteiger partial charge on any atom is -0.347 e. The standard InChI is InChI=1S/C17H22N6OS/c1-11(2)23-16(22(4)5)20-21-17(23)25-12(3)15(24)19-14-8-6-7-13(9-14)10-18/h6-9,11-12H,1-5H3,(H,19,24). The number of carbonyl (C=O) groups excluding carboxylic acids is 1. The molecular formula is C17H22N6OS. The lowest BCUT2D eigenvalue weighted by Gasteiger charge is -2.19. The van der Waals surface area contributed by atoms with E-state index in [-0.39, 0.29) is 17.2 Å². The predicted octanol–water partition coefficient (Wildman–Crippen LogP) is 2.92. The van der Waals surface area contributed by atoms with Crippen LogP contribution >= 0.6 is 11.8 Å². The van der Waals surface area contributed by atoms with E-state index >= 15 is 0 Å². The van der Waals surface area contributed by atoms with Gasteiger partial charge in [-0.25, -0.2) is 0 Å². The second-order valence-electron chi connectivity index (χ2n) is 6.08. The van der Waals surface area contributed by atoms with Gasteiger partial charge in [-0.1, -0.05) is 17.8 Å². The quantitative estimate of drug-likeness (QED) is 0.799. The van der Waals surface area contributed by atoms with Crippen LogP contribution < -0.4 is 10.2 Å². The van der Waals surface area contributed by atoms with Crippen LogP contribution in [0.25, 0.3) is 0 Å². The van der Waals surface area contributed by atoms with E-state index < -0.39 is 0 Å². The van der Waals surface area contributed by atoms with Crippen LogP contribution in [0.1, 0.15) is 32.4 Å². The van der Waals surface area contributed by atoms with Crippen molar-refractivity contribution in [3.05, 3.63) is 29.8 Å². The molecule has 7 nitrogen and oxygen atoms in total. The fourth-order valence-corrected chi connectivity index (χ4v) is 3.20. The first-order chi connectivity index (χ1) is 11.8. The highest BCUT2D eigenvalue weighted by Gasteiger charge is 2.22. The average molecular weight is 358 g/mol. The van der Waals surface area contributed by atoms with Crippen LogP contribution in [-0.2, 0) is 4.79 Å². The van der Waals surface area contributed by atoms with E-state index in [0.29, 0.717) is 16.4 Å². The smallest absolute Gasteiger partial charge is 0.237 e. The molecule has 1 unspecified atom stereocenters. The zero-order valence-corrected chi connectivity index (χ0v) is 15.8. The van der Waals surface area contributed by atoms with Crippen LogP contribution in [0.4, 0.5) is 11.6 Å². The summed E-state index contributed by atoms with van der Waals surface area (Å²) >= 11 is 1.36. The number of thioether (sulfide) groups is 1. The third-order valence-corrected chi connectivity index (χ3v) is 4.53.